The Bertz CT molecular complexity index is 1110. The van der Waals surface area contributed by atoms with Crippen molar-refractivity contribution >= 4 is 34.9 Å². The number of halogens is 2. The van der Waals surface area contributed by atoms with Gasteiger partial charge >= 0.3 is 6.09 Å². The number of ether oxygens (including phenoxy) is 1. The molecule has 2 aliphatic rings. The van der Waals surface area contributed by atoms with E-state index in [-0.39, 0.29) is 11.9 Å². The lowest BCUT2D eigenvalue weighted by Crippen LogP contribution is -2.47. The number of hydrogen-bond donors (Lipinski definition) is 0. The van der Waals surface area contributed by atoms with Gasteiger partial charge in [-0.2, -0.15) is 0 Å². The zero-order valence-corrected chi connectivity index (χ0v) is 17.8. The average molecular weight is 459 g/mol. The van der Waals surface area contributed by atoms with E-state index in [4.69, 9.17) is 16.3 Å². The summed E-state index contributed by atoms with van der Waals surface area (Å²) in [6.45, 7) is 3.28. The van der Waals surface area contributed by atoms with Crippen molar-refractivity contribution in [3.8, 4) is 0 Å². The Morgan fingerprint density at radius 1 is 1.16 bits per heavy atom. The minimum absolute atomic E-state index is 0.316. The number of nitrogens with zero attached hydrogens (tertiary/aromatic N) is 8. The normalized spacial score (nSPS) is 18.9. The van der Waals surface area contributed by atoms with Gasteiger partial charge in [0.1, 0.15) is 22.9 Å². The first kappa shape index (κ1) is 20.4. The van der Waals surface area contributed by atoms with Crippen LogP contribution in [0.1, 0.15) is 0 Å². The van der Waals surface area contributed by atoms with E-state index in [1.165, 1.54) is 17.2 Å². The van der Waals surface area contributed by atoms with Crippen molar-refractivity contribution in [3.63, 3.8) is 0 Å². The van der Waals surface area contributed by atoms with Crippen LogP contribution in [0.25, 0.3) is 0 Å². The van der Waals surface area contributed by atoms with Crippen molar-refractivity contribution in [2.75, 3.05) is 47.4 Å². The summed E-state index contributed by atoms with van der Waals surface area (Å²) in [5, 5.41) is 7.97. The summed E-state index contributed by atoms with van der Waals surface area (Å²) in [7, 11) is 0. The molecule has 4 heterocycles. The molecule has 166 valence electrons. The number of rotatable bonds is 5. The fourth-order valence-electron chi connectivity index (χ4n) is 3.95. The minimum atomic E-state index is -0.501. The summed E-state index contributed by atoms with van der Waals surface area (Å²) in [5.74, 6) is 0.326. The lowest BCUT2D eigenvalue weighted by Gasteiger charge is -2.36. The Morgan fingerprint density at radius 3 is 2.69 bits per heavy atom. The van der Waals surface area contributed by atoms with E-state index in [9.17, 15) is 9.18 Å². The maximum atomic E-state index is 15.0. The number of anilines is 3. The maximum absolute atomic E-state index is 15.0. The molecule has 2 aliphatic heterocycles. The second kappa shape index (κ2) is 8.58. The molecule has 2 saturated heterocycles. The number of carbonyl (C=O) groups is 1. The molecule has 5 rings (SSSR count). The predicted molar refractivity (Wildman–Crippen MR) is 116 cm³/mol. The van der Waals surface area contributed by atoms with Crippen LogP contribution in [0, 0.1) is 5.82 Å². The van der Waals surface area contributed by atoms with Gasteiger partial charge in [-0.05, 0) is 18.2 Å². The van der Waals surface area contributed by atoms with Crippen molar-refractivity contribution in [1.29, 1.82) is 0 Å². The van der Waals surface area contributed by atoms with Gasteiger partial charge in [0.25, 0.3) is 0 Å². The van der Waals surface area contributed by atoms with Crippen LogP contribution in [0.5, 0.6) is 0 Å². The second-order valence-corrected chi connectivity index (χ2v) is 7.94. The number of carbonyl (C=O) groups excluding carboxylic acids is 1. The van der Waals surface area contributed by atoms with Gasteiger partial charge in [-0.15, -0.1) is 5.10 Å². The Kier molecular flexibility index (Phi) is 5.48. The predicted octanol–water partition coefficient (Wildman–Crippen LogP) is 2.21. The first-order valence-electron chi connectivity index (χ1n) is 10.2. The van der Waals surface area contributed by atoms with Crippen molar-refractivity contribution in [2.24, 2.45) is 0 Å². The summed E-state index contributed by atoms with van der Waals surface area (Å²) < 4.78 is 22.0. The zero-order valence-electron chi connectivity index (χ0n) is 17.0. The molecule has 0 bridgehead atoms. The highest BCUT2D eigenvalue weighted by Crippen LogP contribution is 2.29. The number of piperazine rings is 1. The average Bonchev–Trinajstić information content (AvgIpc) is 3.43. The van der Waals surface area contributed by atoms with E-state index in [0.29, 0.717) is 61.6 Å². The van der Waals surface area contributed by atoms with Gasteiger partial charge in [-0.1, -0.05) is 16.8 Å². The molecule has 0 saturated carbocycles. The molecule has 1 amide bonds. The highest BCUT2D eigenvalue weighted by atomic mass is 35.5. The van der Waals surface area contributed by atoms with Crippen LogP contribution < -0.4 is 14.7 Å². The van der Waals surface area contributed by atoms with Crippen molar-refractivity contribution in [3.05, 3.63) is 54.0 Å². The third-order valence-electron chi connectivity index (χ3n) is 5.52. The molecule has 0 radical (unpaired) electrons. The van der Waals surface area contributed by atoms with Gasteiger partial charge in [0.05, 0.1) is 43.1 Å². The fraction of sp³-hybridized carbons (Fsp3) is 0.350. The van der Waals surface area contributed by atoms with Crippen LogP contribution in [-0.4, -0.2) is 69.9 Å². The first-order chi connectivity index (χ1) is 15.6. The summed E-state index contributed by atoms with van der Waals surface area (Å²) in [4.78, 5) is 26.1. The lowest BCUT2D eigenvalue weighted by molar-refractivity contribution is 0.129. The molecule has 0 N–H and O–H groups in total. The number of hydrogen-bond acceptors (Lipinski definition) is 8. The van der Waals surface area contributed by atoms with Gasteiger partial charge < -0.3 is 14.5 Å². The smallest absolute Gasteiger partial charge is 0.414 e. The van der Waals surface area contributed by atoms with Crippen LogP contribution in [0.3, 0.4) is 0 Å². The molecule has 12 heteroatoms. The monoisotopic (exact) mass is 458 g/mol. The fourth-order valence-corrected chi connectivity index (χ4v) is 4.09. The molecule has 1 aromatic carbocycles. The maximum Gasteiger partial charge on any atom is 0.414 e. The summed E-state index contributed by atoms with van der Waals surface area (Å²) >= 11 is 5.93. The van der Waals surface area contributed by atoms with Crippen LogP contribution in [0.4, 0.5) is 26.4 Å². The van der Waals surface area contributed by atoms with Crippen LogP contribution >= 0.6 is 11.6 Å². The molecule has 3 aromatic rings. The number of amides is 1. The molecule has 10 nitrogen and oxygen atoms in total. The molecular weight excluding hydrogens is 439 g/mol. The highest BCUT2D eigenvalue weighted by molar-refractivity contribution is 6.29. The molecule has 0 spiro atoms. The van der Waals surface area contributed by atoms with Gasteiger partial charge in [-0.3, -0.25) is 9.88 Å². The number of aromatic nitrogens is 5. The number of cyclic esters (lactones) is 1. The second-order valence-electron chi connectivity index (χ2n) is 7.55. The zero-order chi connectivity index (χ0) is 22.1. The van der Waals surface area contributed by atoms with E-state index >= 15 is 0 Å². The Balaban J connectivity index is 1.23. The van der Waals surface area contributed by atoms with Gasteiger partial charge in [0, 0.05) is 32.4 Å². The molecule has 2 aromatic heterocycles. The molecule has 1 atom stereocenters. The highest BCUT2D eigenvalue weighted by Gasteiger charge is 2.33. The lowest BCUT2D eigenvalue weighted by atomic mass is 10.2. The largest absolute Gasteiger partial charge is 0.442 e. The van der Waals surface area contributed by atoms with Crippen LogP contribution in [-0.2, 0) is 11.3 Å². The topological polar surface area (TPSA) is 92.5 Å². The third kappa shape index (κ3) is 4.15. The van der Waals surface area contributed by atoms with E-state index in [2.05, 4.69) is 25.2 Å². The molecular formula is C20H20ClFN8O2. The van der Waals surface area contributed by atoms with Crippen molar-refractivity contribution in [1.82, 2.24) is 25.0 Å². The first-order valence-corrected chi connectivity index (χ1v) is 10.5. The summed E-state index contributed by atoms with van der Waals surface area (Å²) in [6.07, 6.45) is 5.54. The Labute approximate surface area is 188 Å². The van der Waals surface area contributed by atoms with E-state index in [1.807, 2.05) is 4.90 Å². The minimum Gasteiger partial charge on any atom is -0.442 e. The van der Waals surface area contributed by atoms with E-state index in [1.54, 1.807) is 35.4 Å². The summed E-state index contributed by atoms with van der Waals surface area (Å²) in [6, 6.07) is 4.83. The summed E-state index contributed by atoms with van der Waals surface area (Å²) in [5.41, 5.74) is 0.961. The molecule has 32 heavy (non-hydrogen) atoms. The third-order valence-corrected chi connectivity index (χ3v) is 5.70. The van der Waals surface area contributed by atoms with Gasteiger partial charge in [0.2, 0.25) is 0 Å². The standard InChI is InChI=1S/C20H20ClFN8O2/c21-18-10-23-11-19(25-18)28-7-5-27(6-8-28)17-2-1-14(9-16(17)22)30-13-15(32-20(30)31)12-29-4-3-24-26-29/h1-4,9-11,15H,5-8,12-13H2. The Morgan fingerprint density at radius 2 is 1.97 bits per heavy atom. The van der Waals surface area contributed by atoms with Crippen molar-refractivity contribution in [2.45, 2.75) is 12.6 Å². The van der Waals surface area contributed by atoms with Crippen LogP contribution in [0.15, 0.2) is 43.0 Å². The van der Waals surface area contributed by atoms with Crippen molar-refractivity contribution < 1.29 is 13.9 Å². The molecule has 1 unspecified atom stereocenters. The van der Waals surface area contributed by atoms with E-state index in [0.717, 1.165) is 0 Å². The molecule has 2 fully saturated rings. The van der Waals surface area contributed by atoms with E-state index < -0.39 is 6.09 Å². The van der Waals surface area contributed by atoms with Gasteiger partial charge in [0.15, 0.2) is 0 Å². The SMILES string of the molecule is O=C1OC(Cn2ccnn2)CN1c1ccc(N2CCN(c3cncc(Cl)n3)CC2)c(F)c1. The quantitative estimate of drug-likeness (QED) is 0.574. The Hall–Kier alpha value is -3.47. The van der Waals surface area contributed by atoms with Gasteiger partial charge in [-0.25, -0.2) is 18.9 Å². The number of benzene rings is 1. The molecule has 0 aliphatic carbocycles. The van der Waals surface area contributed by atoms with Crippen LogP contribution in [0.2, 0.25) is 5.15 Å².